The average molecular weight is 260 g/mol. The molecular formula is C12H20O6. The van der Waals surface area contributed by atoms with E-state index in [1.807, 2.05) is 6.92 Å². The fourth-order valence-electron chi connectivity index (χ4n) is 1.46. The summed E-state index contributed by atoms with van der Waals surface area (Å²) in [5, 5.41) is 0. The topological polar surface area (TPSA) is 78.9 Å². The Hall–Kier alpha value is -1.59. The summed E-state index contributed by atoms with van der Waals surface area (Å²) in [6, 6.07) is 0. The van der Waals surface area contributed by atoms with Crippen molar-refractivity contribution in [2.45, 2.75) is 59.4 Å². The summed E-state index contributed by atoms with van der Waals surface area (Å²) in [6.45, 7) is 5.45. The van der Waals surface area contributed by atoms with Crippen LogP contribution in [0.15, 0.2) is 0 Å². The van der Waals surface area contributed by atoms with E-state index in [0.29, 0.717) is 6.42 Å². The maximum atomic E-state index is 11.1. The lowest BCUT2D eigenvalue weighted by Crippen LogP contribution is -2.43. The second-order valence-electron chi connectivity index (χ2n) is 3.92. The van der Waals surface area contributed by atoms with E-state index in [1.165, 1.54) is 0 Å². The number of carbonyl (C=O) groups is 3. The van der Waals surface area contributed by atoms with Crippen molar-refractivity contribution in [2.75, 3.05) is 0 Å². The third-order valence-electron chi connectivity index (χ3n) is 1.98. The van der Waals surface area contributed by atoms with Crippen LogP contribution in [0.2, 0.25) is 0 Å². The van der Waals surface area contributed by atoms with Gasteiger partial charge in [-0.05, 0) is 6.42 Å². The van der Waals surface area contributed by atoms with Crippen molar-refractivity contribution in [1.29, 1.82) is 0 Å². The summed E-state index contributed by atoms with van der Waals surface area (Å²) in [5.41, 5.74) is 0. The molecule has 0 saturated heterocycles. The van der Waals surface area contributed by atoms with Crippen molar-refractivity contribution in [3.63, 3.8) is 0 Å². The molecule has 18 heavy (non-hydrogen) atoms. The predicted octanol–water partition coefficient (Wildman–Crippen LogP) is 1.91. The molecule has 0 saturated carbocycles. The number of carbonyl (C=O) groups excluding carboxylic acids is 3. The summed E-state index contributed by atoms with van der Waals surface area (Å²) in [7, 11) is 0. The van der Waals surface area contributed by atoms with Crippen LogP contribution >= 0.6 is 0 Å². The van der Waals surface area contributed by atoms with E-state index in [9.17, 15) is 14.4 Å². The molecular weight excluding hydrogens is 240 g/mol. The molecule has 0 aliphatic carbocycles. The van der Waals surface area contributed by atoms with Crippen LogP contribution in [0.25, 0.3) is 0 Å². The molecule has 0 amide bonds. The zero-order chi connectivity index (χ0) is 14.2. The predicted molar refractivity (Wildman–Crippen MR) is 62.2 cm³/mol. The van der Waals surface area contributed by atoms with Crippen LogP contribution in [0.4, 0.5) is 0 Å². The van der Waals surface area contributed by atoms with E-state index >= 15 is 0 Å². The Kier molecular flexibility index (Phi) is 7.00. The van der Waals surface area contributed by atoms with Crippen LogP contribution in [0.5, 0.6) is 0 Å². The number of hydrogen-bond acceptors (Lipinski definition) is 6. The Morgan fingerprint density at radius 1 is 0.833 bits per heavy atom. The molecule has 0 aromatic rings. The Bertz CT molecular complexity index is 269. The van der Waals surface area contributed by atoms with Crippen LogP contribution in [0.3, 0.4) is 0 Å². The molecule has 6 nitrogen and oxygen atoms in total. The third kappa shape index (κ3) is 6.88. The molecule has 0 heterocycles. The molecule has 0 spiro atoms. The van der Waals surface area contributed by atoms with Crippen molar-refractivity contribution in [2.24, 2.45) is 0 Å². The van der Waals surface area contributed by atoms with E-state index < -0.39 is 23.9 Å². The molecule has 0 aromatic heterocycles. The molecule has 0 rings (SSSR count). The minimum absolute atomic E-state index is 0.125. The van der Waals surface area contributed by atoms with Crippen molar-refractivity contribution in [3.05, 3.63) is 0 Å². The van der Waals surface area contributed by atoms with E-state index in [4.69, 9.17) is 14.2 Å². The molecule has 104 valence electrons. The van der Waals surface area contributed by atoms with Gasteiger partial charge in [-0.2, -0.15) is 0 Å². The Balaban J connectivity index is 4.90. The van der Waals surface area contributed by atoms with Gasteiger partial charge in [0.25, 0.3) is 0 Å². The first-order valence-corrected chi connectivity index (χ1v) is 5.90. The smallest absolute Gasteiger partial charge is 0.388 e. The highest BCUT2D eigenvalue weighted by Gasteiger charge is 2.40. The second-order valence-corrected chi connectivity index (χ2v) is 3.92. The Morgan fingerprint density at radius 2 is 1.22 bits per heavy atom. The van der Waals surface area contributed by atoms with Gasteiger partial charge >= 0.3 is 23.9 Å². The first kappa shape index (κ1) is 16.4. The Morgan fingerprint density at radius 3 is 1.50 bits per heavy atom. The van der Waals surface area contributed by atoms with E-state index in [1.54, 1.807) is 0 Å². The SMILES string of the molecule is CCCCCC(OC(C)=O)(OC(C)=O)OC(C)=O. The number of hydrogen-bond donors (Lipinski definition) is 0. The molecule has 0 unspecified atom stereocenters. The van der Waals surface area contributed by atoms with Crippen molar-refractivity contribution in [1.82, 2.24) is 0 Å². The summed E-state index contributed by atoms with van der Waals surface area (Å²) in [4.78, 5) is 33.2. The molecule has 0 radical (unpaired) electrons. The van der Waals surface area contributed by atoms with Gasteiger partial charge in [-0.25, -0.2) is 0 Å². The molecule has 0 N–H and O–H groups in total. The Labute approximate surface area is 107 Å². The monoisotopic (exact) mass is 260 g/mol. The van der Waals surface area contributed by atoms with Crippen LogP contribution in [0, 0.1) is 0 Å². The zero-order valence-corrected chi connectivity index (χ0v) is 11.3. The van der Waals surface area contributed by atoms with Gasteiger partial charge in [0.15, 0.2) is 0 Å². The number of unbranched alkanes of at least 4 members (excludes halogenated alkanes) is 2. The van der Waals surface area contributed by atoms with Gasteiger partial charge in [-0.3, -0.25) is 14.4 Å². The van der Waals surface area contributed by atoms with Crippen molar-refractivity contribution >= 4 is 17.9 Å². The highest BCUT2D eigenvalue weighted by atomic mass is 16.9. The van der Waals surface area contributed by atoms with Crippen LogP contribution in [-0.4, -0.2) is 23.9 Å². The number of rotatable bonds is 7. The summed E-state index contributed by atoms with van der Waals surface area (Å²) < 4.78 is 14.6. The lowest BCUT2D eigenvalue weighted by atomic mass is 10.2. The zero-order valence-electron chi connectivity index (χ0n) is 11.3. The second kappa shape index (κ2) is 7.68. The fraction of sp³-hybridized carbons (Fsp3) is 0.750. The summed E-state index contributed by atoms with van der Waals surface area (Å²) >= 11 is 0. The lowest BCUT2D eigenvalue weighted by Gasteiger charge is -2.30. The van der Waals surface area contributed by atoms with Crippen molar-refractivity contribution < 1.29 is 28.6 Å². The molecule has 0 aromatic carbocycles. The third-order valence-corrected chi connectivity index (χ3v) is 1.98. The summed E-state index contributed by atoms with van der Waals surface area (Å²) in [6.07, 6.45) is 2.49. The maximum Gasteiger partial charge on any atom is 0.423 e. The minimum atomic E-state index is -1.93. The standard InChI is InChI=1S/C12H20O6/c1-5-6-7-8-12(16-9(2)13,17-10(3)14)18-11(4)15/h5-8H2,1-4H3. The molecule has 0 bridgehead atoms. The van der Waals surface area contributed by atoms with Gasteiger partial charge in [-0.15, -0.1) is 0 Å². The maximum absolute atomic E-state index is 11.1. The highest BCUT2D eigenvalue weighted by molar-refractivity contribution is 5.70. The molecule has 0 aliphatic heterocycles. The van der Waals surface area contributed by atoms with Crippen LogP contribution in [0.1, 0.15) is 53.4 Å². The molecule has 6 heteroatoms. The largest absolute Gasteiger partial charge is 0.423 e. The van der Waals surface area contributed by atoms with Gasteiger partial charge in [0, 0.05) is 20.8 Å². The normalized spacial score (nSPS) is 10.7. The molecule has 0 atom stereocenters. The van der Waals surface area contributed by atoms with E-state index in [0.717, 1.165) is 33.6 Å². The van der Waals surface area contributed by atoms with Gasteiger partial charge in [0.1, 0.15) is 0 Å². The van der Waals surface area contributed by atoms with Crippen LogP contribution < -0.4 is 0 Å². The quantitative estimate of drug-likeness (QED) is 0.395. The fourth-order valence-corrected chi connectivity index (χ4v) is 1.46. The highest BCUT2D eigenvalue weighted by Crippen LogP contribution is 2.24. The van der Waals surface area contributed by atoms with E-state index in [-0.39, 0.29) is 6.42 Å². The summed E-state index contributed by atoms with van der Waals surface area (Å²) in [5.74, 6) is -3.99. The van der Waals surface area contributed by atoms with Crippen LogP contribution in [-0.2, 0) is 28.6 Å². The minimum Gasteiger partial charge on any atom is -0.388 e. The average Bonchev–Trinajstić information content (AvgIpc) is 2.13. The van der Waals surface area contributed by atoms with Gasteiger partial charge in [-0.1, -0.05) is 19.8 Å². The van der Waals surface area contributed by atoms with Crippen molar-refractivity contribution in [3.8, 4) is 0 Å². The van der Waals surface area contributed by atoms with E-state index in [2.05, 4.69) is 0 Å². The van der Waals surface area contributed by atoms with Gasteiger partial charge in [0.2, 0.25) is 0 Å². The first-order valence-electron chi connectivity index (χ1n) is 5.90. The van der Waals surface area contributed by atoms with Gasteiger partial charge in [0.05, 0.1) is 6.42 Å². The number of esters is 3. The molecule has 0 fully saturated rings. The molecule has 0 aliphatic rings. The lowest BCUT2D eigenvalue weighted by molar-refractivity contribution is -0.330. The first-order chi connectivity index (χ1) is 8.31. The van der Waals surface area contributed by atoms with Gasteiger partial charge < -0.3 is 14.2 Å². The number of ether oxygens (including phenoxy) is 3.